The van der Waals surface area contributed by atoms with Crippen LogP contribution in [0, 0.1) is 6.92 Å². The van der Waals surface area contributed by atoms with E-state index in [0.717, 1.165) is 27.6 Å². The Morgan fingerprint density at radius 2 is 2.04 bits per heavy atom. The van der Waals surface area contributed by atoms with Gasteiger partial charge in [0, 0.05) is 5.56 Å². The summed E-state index contributed by atoms with van der Waals surface area (Å²) in [6.07, 6.45) is 2.61. The molecule has 0 saturated heterocycles. The standard InChI is InChI=1S/C22H22BrNO4/c1-5-14(3)27-20-17(23)10-15(12-19(20)26-4)11-18-22(25)28-21(24-18)16-9-7-6-8-13(16)2/h6-12,14H,5H2,1-4H3/b18-11-. The highest BCUT2D eigenvalue weighted by Crippen LogP contribution is 2.38. The van der Waals surface area contributed by atoms with Crippen LogP contribution < -0.4 is 9.47 Å². The van der Waals surface area contributed by atoms with Crippen molar-refractivity contribution in [3.63, 3.8) is 0 Å². The lowest BCUT2D eigenvalue weighted by atomic mass is 10.1. The van der Waals surface area contributed by atoms with Crippen LogP contribution in [-0.2, 0) is 9.53 Å². The second kappa shape index (κ2) is 8.61. The van der Waals surface area contributed by atoms with Crippen LogP contribution >= 0.6 is 15.9 Å². The highest BCUT2D eigenvalue weighted by Gasteiger charge is 2.25. The molecule has 1 heterocycles. The Kier molecular flexibility index (Phi) is 6.19. The van der Waals surface area contributed by atoms with Gasteiger partial charge in [-0.3, -0.25) is 0 Å². The zero-order valence-electron chi connectivity index (χ0n) is 16.3. The van der Waals surface area contributed by atoms with Crippen molar-refractivity contribution in [3.05, 3.63) is 63.3 Å². The maximum atomic E-state index is 12.3. The van der Waals surface area contributed by atoms with Gasteiger partial charge >= 0.3 is 5.97 Å². The van der Waals surface area contributed by atoms with Gasteiger partial charge in [-0.25, -0.2) is 9.79 Å². The number of benzene rings is 2. The molecule has 146 valence electrons. The van der Waals surface area contributed by atoms with Crippen LogP contribution in [0.4, 0.5) is 0 Å². The zero-order chi connectivity index (χ0) is 20.3. The van der Waals surface area contributed by atoms with E-state index >= 15 is 0 Å². The number of esters is 1. The second-order valence-electron chi connectivity index (χ2n) is 6.52. The molecule has 0 bridgehead atoms. The minimum absolute atomic E-state index is 0.0560. The number of rotatable bonds is 6. The molecule has 28 heavy (non-hydrogen) atoms. The Morgan fingerprint density at radius 1 is 1.29 bits per heavy atom. The molecule has 0 fully saturated rings. The third-order valence-electron chi connectivity index (χ3n) is 4.45. The SMILES string of the molecule is CCC(C)Oc1c(Br)cc(/C=C2\N=C(c3ccccc3C)OC2=O)cc1OC. The van der Waals surface area contributed by atoms with Crippen LogP contribution in [0.25, 0.3) is 6.08 Å². The molecular formula is C22H22BrNO4. The number of nitrogens with zero attached hydrogens (tertiary/aromatic N) is 1. The summed E-state index contributed by atoms with van der Waals surface area (Å²) in [5.41, 5.74) is 2.78. The van der Waals surface area contributed by atoms with Crippen LogP contribution in [0.3, 0.4) is 0 Å². The average Bonchev–Trinajstić information content (AvgIpc) is 3.03. The number of aliphatic imine (C=N–C) groups is 1. The molecule has 1 aliphatic rings. The number of methoxy groups -OCH3 is 1. The fraction of sp³-hybridized carbons (Fsp3) is 0.273. The molecule has 6 heteroatoms. The van der Waals surface area contributed by atoms with Crippen molar-refractivity contribution in [2.45, 2.75) is 33.3 Å². The average molecular weight is 444 g/mol. The van der Waals surface area contributed by atoms with Crippen molar-refractivity contribution in [1.82, 2.24) is 0 Å². The Morgan fingerprint density at radius 3 is 2.71 bits per heavy atom. The van der Waals surface area contributed by atoms with Crippen molar-refractivity contribution < 1.29 is 19.0 Å². The number of halogens is 1. The topological polar surface area (TPSA) is 57.1 Å². The van der Waals surface area contributed by atoms with Crippen molar-refractivity contribution in [2.24, 2.45) is 4.99 Å². The molecule has 0 N–H and O–H groups in total. The number of aryl methyl sites for hydroxylation is 1. The van der Waals surface area contributed by atoms with Crippen molar-refractivity contribution in [3.8, 4) is 11.5 Å². The summed E-state index contributed by atoms with van der Waals surface area (Å²) in [5.74, 6) is 1.05. The quantitative estimate of drug-likeness (QED) is 0.449. The minimum atomic E-state index is -0.478. The molecule has 0 aromatic heterocycles. The maximum absolute atomic E-state index is 12.3. The first kappa shape index (κ1) is 20.1. The first-order valence-corrected chi connectivity index (χ1v) is 9.85. The van der Waals surface area contributed by atoms with E-state index in [1.807, 2.05) is 50.2 Å². The van der Waals surface area contributed by atoms with E-state index in [9.17, 15) is 4.79 Å². The third kappa shape index (κ3) is 4.28. The monoisotopic (exact) mass is 443 g/mol. The Balaban J connectivity index is 1.96. The number of cyclic esters (lactones) is 1. The fourth-order valence-electron chi connectivity index (χ4n) is 2.72. The van der Waals surface area contributed by atoms with E-state index in [2.05, 4.69) is 27.8 Å². The minimum Gasteiger partial charge on any atom is -0.493 e. The highest BCUT2D eigenvalue weighted by atomic mass is 79.9. The van der Waals surface area contributed by atoms with Crippen LogP contribution in [-0.4, -0.2) is 25.1 Å². The molecule has 0 spiro atoms. The van der Waals surface area contributed by atoms with Gasteiger partial charge in [-0.1, -0.05) is 25.1 Å². The van der Waals surface area contributed by atoms with Crippen LogP contribution in [0.5, 0.6) is 11.5 Å². The van der Waals surface area contributed by atoms with Crippen LogP contribution in [0.2, 0.25) is 0 Å². The van der Waals surface area contributed by atoms with E-state index in [1.165, 1.54) is 0 Å². The number of carbonyl (C=O) groups excluding carboxylic acids is 1. The van der Waals surface area contributed by atoms with E-state index in [4.69, 9.17) is 14.2 Å². The predicted molar refractivity (Wildman–Crippen MR) is 113 cm³/mol. The summed E-state index contributed by atoms with van der Waals surface area (Å²) in [6, 6.07) is 11.3. The molecule has 1 unspecified atom stereocenters. The predicted octanol–water partition coefficient (Wildman–Crippen LogP) is 5.29. The van der Waals surface area contributed by atoms with Crippen LogP contribution in [0.1, 0.15) is 37.0 Å². The molecule has 2 aromatic carbocycles. The summed E-state index contributed by atoms with van der Waals surface area (Å²) in [7, 11) is 1.58. The number of ether oxygens (including phenoxy) is 3. The van der Waals surface area contributed by atoms with Crippen molar-refractivity contribution in [2.75, 3.05) is 7.11 Å². The van der Waals surface area contributed by atoms with Crippen molar-refractivity contribution in [1.29, 1.82) is 0 Å². The molecule has 0 amide bonds. The summed E-state index contributed by atoms with van der Waals surface area (Å²) in [4.78, 5) is 16.7. The van der Waals surface area contributed by atoms with Gasteiger partial charge in [0.2, 0.25) is 5.90 Å². The highest BCUT2D eigenvalue weighted by molar-refractivity contribution is 9.10. The molecule has 3 rings (SSSR count). The fourth-order valence-corrected chi connectivity index (χ4v) is 3.27. The molecular weight excluding hydrogens is 422 g/mol. The van der Waals surface area contributed by atoms with Gasteiger partial charge in [0.1, 0.15) is 0 Å². The Hall–Kier alpha value is -2.60. The molecule has 5 nitrogen and oxygen atoms in total. The Labute approximate surface area is 173 Å². The molecule has 1 atom stereocenters. The summed E-state index contributed by atoms with van der Waals surface area (Å²) in [5, 5.41) is 0. The van der Waals surface area contributed by atoms with Crippen LogP contribution in [0.15, 0.2) is 51.6 Å². The van der Waals surface area contributed by atoms with Gasteiger partial charge in [-0.15, -0.1) is 0 Å². The lowest BCUT2D eigenvalue weighted by molar-refractivity contribution is -0.129. The van der Waals surface area contributed by atoms with E-state index in [1.54, 1.807) is 13.2 Å². The van der Waals surface area contributed by atoms with Gasteiger partial charge in [0.05, 0.1) is 17.7 Å². The second-order valence-corrected chi connectivity index (χ2v) is 7.38. The third-order valence-corrected chi connectivity index (χ3v) is 5.03. The van der Waals surface area contributed by atoms with Gasteiger partial charge in [0.25, 0.3) is 0 Å². The van der Waals surface area contributed by atoms with Gasteiger partial charge in [-0.2, -0.15) is 0 Å². The van der Waals surface area contributed by atoms with Gasteiger partial charge in [0.15, 0.2) is 17.2 Å². The zero-order valence-corrected chi connectivity index (χ0v) is 17.9. The molecule has 0 saturated carbocycles. The number of hydrogen-bond donors (Lipinski definition) is 0. The first-order chi connectivity index (χ1) is 13.4. The van der Waals surface area contributed by atoms with E-state index in [0.29, 0.717) is 17.4 Å². The molecule has 1 aliphatic heterocycles. The summed E-state index contributed by atoms with van der Waals surface area (Å²) < 4.78 is 17.5. The van der Waals surface area contributed by atoms with E-state index < -0.39 is 5.97 Å². The summed E-state index contributed by atoms with van der Waals surface area (Å²) in [6.45, 7) is 6.00. The lowest BCUT2D eigenvalue weighted by Gasteiger charge is -2.17. The van der Waals surface area contributed by atoms with E-state index in [-0.39, 0.29) is 11.8 Å². The van der Waals surface area contributed by atoms with Crippen molar-refractivity contribution >= 4 is 33.9 Å². The normalized spacial score (nSPS) is 16.0. The first-order valence-electron chi connectivity index (χ1n) is 9.05. The number of hydrogen-bond acceptors (Lipinski definition) is 5. The van der Waals surface area contributed by atoms with Gasteiger partial charge < -0.3 is 14.2 Å². The Bertz CT molecular complexity index is 965. The molecule has 2 aromatic rings. The number of carbonyl (C=O) groups is 1. The smallest absolute Gasteiger partial charge is 0.363 e. The molecule has 0 aliphatic carbocycles. The van der Waals surface area contributed by atoms with Gasteiger partial charge in [-0.05, 0) is 71.6 Å². The molecule has 0 radical (unpaired) electrons. The lowest BCUT2D eigenvalue weighted by Crippen LogP contribution is -2.11. The maximum Gasteiger partial charge on any atom is 0.363 e. The largest absolute Gasteiger partial charge is 0.493 e. The summed E-state index contributed by atoms with van der Waals surface area (Å²) >= 11 is 3.53.